The molecule has 0 amide bonds. The van der Waals surface area contributed by atoms with Gasteiger partial charge in [0.25, 0.3) is 0 Å². The highest BCUT2D eigenvalue weighted by molar-refractivity contribution is 7.10. The number of benzene rings is 2. The van der Waals surface area contributed by atoms with Gasteiger partial charge in [0, 0.05) is 35.9 Å². The molecule has 0 spiro atoms. The monoisotopic (exact) mass is 429 g/mol. The highest BCUT2D eigenvalue weighted by Crippen LogP contribution is 2.18. The summed E-state index contributed by atoms with van der Waals surface area (Å²) in [4.78, 5) is 13.6. The van der Waals surface area contributed by atoms with Crippen molar-refractivity contribution in [1.82, 2.24) is 15.0 Å². The van der Waals surface area contributed by atoms with Gasteiger partial charge in [0.05, 0.1) is 11.4 Å². The van der Waals surface area contributed by atoms with Gasteiger partial charge in [-0.1, -0.05) is 67.2 Å². The number of pyridine rings is 3. The maximum Gasteiger partial charge on any atom is 0.145 e. The lowest BCUT2D eigenvalue weighted by Gasteiger charge is -2.30. The standard InChI is InChI=1S/C28H23N3Si/c1-32(24-12-6-3-7-13-24,25-14-17-30-27(19-25)22-9-4-2-5-10-22)26-15-18-31-28(20-26)23-11-8-16-29-21-23/h2-21H,1H3. The van der Waals surface area contributed by atoms with E-state index in [1.807, 2.05) is 30.7 Å². The minimum absolute atomic E-state index is 0.947. The van der Waals surface area contributed by atoms with Crippen LogP contribution in [0.15, 0.2) is 122 Å². The molecule has 3 aromatic heterocycles. The average molecular weight is 430 g/mol. The van der Waals surface area contributed by atoms with Crippen molar-refractivity contribution in [2.75, 3.05) is 0 Å². The molecule has 0 saturated heterocycles. The second kappa shape index (κ2) is 8.69. The third kappa shape index (κ3) is 3.77. The fourth-order valence-electron chi connectivity index (χ4n) is 4.19. The lowest BCUT2D eigenvalue weighted by Crippen LogP contribution is -2.64. The van der Waals surface area contributed by atoms with Crippen molar-refractivity contribution in [1.29, 1.82) is 0 Å². The summed E-state index contributed by atoms with van der Waals surface area (Å²) in [5.74, 6) is 0. The molecule has 3 heterocycles. The average Bonchev–Trinajstić information content (AvgIpc) is 2.90. The summed E-state index contributed by atoms with van der Waals surface area (Å²) in [6.45, 7) is 2.41. The van der Waals surface area contributed by atoms with E-state index >= 15 is 0 Å². The predicted molar refractivity (Wildman–Crippen MR) is 134 cm³/mol. The van der Waals surface area contributed by atoms with Gasteiger partial charge in [0.15, 0.2) is 0 Å². The summed E-state index contributed by atoms with van der Waals surface area (Å²) in [6.07, 6.45) is 7.52. The van der Waals surface area contributed by atoms with Crippen LogP contribution in [0.3, 0.4) is 0 Å². The molecule has 154 valence electrons. The zero-order valence-corrected chi connectivity index (χ0v) is 18.9. The van der Waals surface area contributed by atoms with Gasteiger partial charge < -0.3 is 0 Å². The van der Waals surface area contributed by atoms with E-state index in [-0.39, 0.29) is 0 Å². The minimum atomic E-state index is -2.31. The molecule has 1 atom stereocenters. The van der Waals surface area contributed by atoms with E-state index in [9.17, 15) is 0 Å². The molecule has 0 aliphatic heterocycles. The predicted octanol–water partition coefficient (Wildman–Crippen LogP) is 4.31. The Morgan fingerprint density at radius 1 is 0.531 bits per heavy atom. The Bertz CT molecular complexity index is 1240. The van der Waals surface area contributed by atoms with E-state index in [0.717, 1.165) is 22.5 Å². The van der Waals surface area contributed by atoms with Crippen molar-refractivity contribution >= 4 is 23.6 Å². The minimum Gasteiger partial charge on any atom is -0.264 e. The third-order valence-corrected chi connectivity index (χ3v) is 10.5. The van der Waals surface area contributed by atoms with Crippen LogP contribution in [0, 0.1) is 0 Å². The van der Waals surface area contributed by atoms with Gasteiger partial charge in [0.2, 0.25) is 0 Å². The summed E-state index contributed by atoms with van der Waals surface area (Å²) in [5.41, 5.74) is 4.10. The SMILES string of the molecule is C[Si](c1ccccc1)(c1ccnc(-c2ccccc2)c1)c1ccnc(-c2cccnc2)c1. The zero-order valence-electron chi connectivity index (χ0n) is 17.9. The van der Waals surface area contributed by atoms with Crippen LogP contribution in [-0.2, 0) is 0 Å². The topological polar surface area (TPSA) is 38.7 Å². The van der Waals surface area contributed by atoms with Crippen molar-refractivity contribution in [3.05, 3.63) is 122 Å². The largest absolute Gasteiger partial charge is 0.264 e. The molecule has 0 aliphatic rings. The van der Waals surface area contributed by atoms with E-state index in [1.54, 1.807) is 6.20 Å². The van der Waals surface area contributed by atoms with Crippen LogP contribution in [0.5, 0.6) is 0 Å². The fraction of sp³-hybridized carbons (Fsp3) is 0.0357. The molecule has 5 aromatic rings. The Hall–Kier alpha value is -3.89. The Morgan fingerprint density at radius 3 is 1.69 bits per heavy atom. The van der Waals surface area contributed by atoms with E-state index < -0.39 is 8.07 Å². The molecular weight excluding hydrogens is 406 g/mol. The number of aromatic nitrogens is 3. The lowest BCUT2D eigenvalue weighted by molar-refractivity contribution is 1.28. The second-order valence-electron chi connectivity index (χ2n) is 7.96. The Kier molecular flexibility index (Phi) is 5.44. The number of nitrogens with zero attached hydrogens (tertiary/aromatic N) is 3. The molecule has 0 radical (unpaired) electrons. The number of hydrogen-bond acceptors (Lipinski definition) is 3. The molecule has 3 nitrogen and oxygen atoms in total. The van der Waals surface area contributed by atoms with E-state index in [1.165, 1.54) is 15.6 Å². The van der Waals surface area contributed by atoms with Crippen molar-refractivity contribution in [3.63, 3.8) is 0 Å². The Balaban J connectivity index is 1.70. The third-order valence-electron chi connectivity index (χ3n) is 6.05. The molecule has 0 fully saturated rings. The van der Waals surface area contributed by atoms with Crippen LogP contribution in [0.2, 0.25) is 6.55 Å². The molecule has 0 bridgehead atoms. The van der Waals surface area contributed by atoms with Gasteiger partial charge in [-0.05, 0) is 52.0 Å². The number of rotatable bonds is 5. The van der Waals surface area contributed by atoms with Gasteiger partial charge in [-0.15, -0.1) is 0 Å². The molecular formula is C28H23N3Si. The van der Waals surface area contributed by atoms with Crippen LogP contribution < -0.4 is 15.6 Å². The summed E-state index contributed by atoms with van der Waals surface area (Å²) in [6, 6.07) is 34.1. The van der Waals surface area contributed by atoms with Crippen molar-refractivity contribution in [2.24, 2.45) is 0 Å². The quantitative estimate of drug-likeness (QED) is 0.391. The first kappa shape index (κ1) is 20.0. The summed E-state index contributed by atoms with van der Waals surface area (Å²) in [7, 11) is -2.31. The first-order chi connectivity index (χ1) is 15.7. The summed E-state index contributed by atoms with van der Waals surface area (Å²) >= 11 is 0. The Morgan fingerprint density at radius 2 is 1.09 bits per heavy atom. The maximum absolute atomic E-state index is 4.68. The molecule has 4 heteroatoms. The first-order valence-electron chi connectivity index (χ1n) is 10.7. The highest BCUT2D eigenvalue weighted by Gasteiger charge is 2.34. The van der Waals surface area contributed by atoms with Crippen molar-refractivity contribution < 1.29 is 0 Å². The molecule has 5 rings (SSSR count). The van der Waals surface area contributed by atoms with Gasteiger partial charge >= 0.3 is 0 Å². The summed E-state index contributed by atoms with van der Waals surface area (Å²) in [5, 5.41) is 3.98. The van der Waals surface area contributed by atoms with E-state index in [4.69, 9.17) is 0 Å². The van der Waals surface area contributed by atoms with E-state index in [2.05, 4.69) is 106 Å². The van der Waals surface area contributed by atoms with Crippen LogP contribution in [0.1, 0.15) is 0 Å². The van der Waals surface area contributed by atoms with Crippen LogP contribution in [-0.4, -0.2) is 23.0 Å². The molecule has 0 aliphatic carbocycles. The molecule has 32 heavy (non-hydrogen) atoms. The van der Waals surface area contributed by atoms with Crippen LogP contribution in [0.4, 0.5) is 0 Å². The summed E-state index contributed by atoms with van der Waals surface area (Å²) < 4.78 is 0. The zero-order chi connectivity index (χ0) is 21.8. The van der Waals surface area contributed by atoms with Gasteiger partial charge in [-0.2, -0.15) is 0 Å². The van der Waals surface area contributed by atoms with Crippen LogP contribution >= 0.6 is 0 Å². The van der Waals surface area contributed by atoms with Crippen LogP contribution in [0.25, 0.3) is 22.5 Å². The first-order valence-corrected chi connectivity index (χ1v) is 13.2. The van der Waals surface area contributed by atoms with Crippen molar-refractivity contribution in [2.45, 2.75) is 6.55 Å². The fourth-order valence-corrected chi connectivity index (χ4v) is 7.72. The molecule has 0 N–H and O–H groups in total. The maximum atomic E-state index is 4.68. The smallest absolute Gasteiger partial charge is 0.145 e. The molecule has 0 saturated carbocycles. The molecule has 1 unspecified atom stereocenters. The molecule has 2 aromatic carbocycles. The Labute approximate surface area is 189 Å². The van der Waals surface area contributed by atoms with Crippen molar-refractivity contribution in [3.8, 4) is 22.5 Å². The van der Waals surface area contributed by atoms with E-state index in [0.29, 0.717) is 0 Å². The number of hydrogen-bond donors (Lipinski definition) is 0. The highest BCUT2D eigenvalue weighted by atomic mass is 28.3. The van der Waals surface area contributed by atoms with Gasteiger partial charge in [0.1, 0.15) is 8.07 Å². The van der Waals surface area contributed by atoms with Gasteiger partial charge in [-0.25, -0.2) is 0 Å². The van der Waals surface area contributed by atoms with Gasteiger partial charge in [-0.3, -0.25) is 15.0 Å². The normalized spacial score (nSPS) is 12.8. The second-order valence-corrected chi connectivity index (χ2v) is 11.9. The lowest BCUT2D eigenvalue weighted by atomic mass is 10.1.